The van der Waals surface area contributed by atoms with Gasteiger partial charge in [-0.15, -0.1) is 0 Å². The molecule has 0 rings (SSSR count). The predicted molar refractivity (Wildman–Crippen MR) is 61.7 cm³/mol. The van der Waals surface area contributed by atoms with Gasteiger partial charge in [0.2, 0.25) is 0 Å². The molecule has 0 saturated carbocycles. The standard InChI is InChI=1S/C12H26O3/c13-10-6-3-1-2-4-8-12(15)9-5-7-11-14/h12-15H,1-11H2. The number of rotatable bonds is 11. The normalized spacial score (nSPS) is 13.0. The van der Waals surface area contributed by atoms with Crippen molar-refractivity contribution in [2.45, 2.75) is 63.9 Å². The van der Waals surface area contributed by atoms with Crippen LogP contribution in [0.5, 0.6) is 0 Å². The SMILES string of the molecule is OCCCCCCCC(O)CCCCO. The molecule has 1 unspecified atom stereocenters. The average molecular weight is 218 g/mol. The van der Waals surface area contributed by atoms with Crippen LogP contribution in [0.2, 0.25) is 0 Å². The van der Waals surface area contributed by atoms with E-state index >= 15 is 0 Å². The second kappa shape index (κ2) is 12.0. The van der Waals surface area contributed by atoms with Crippen LogP contribution < -0.4 is 0 Å². The van der Waals surface area contributed by atoms with E-state index in [4.69, 9.17) is 10.2 Å². The second-order valence-corrected chi connectivity index (χ2v) is 4.15. The van der Waals surface area contributed by atoms with Crippen molar-refractivity contribution in [1.29, 1.82) is 0 Å². The minimum atomic E-state index is -0.186. The number of aliphatic hydroxyl groups excluding tert-OH is 3. The molecule has 0 heterocycles. The van der Waals surface area contributed by atoms with E-state index in [9.17, 15) is 5.11 Å². The fourth-order valence-corrected chi connectivity index (χ4v) is 1.66. The van der Waals surface area contributed by atoms with Crippen LogP contribution in [0.15, 0.2) is 0 Å². The average Bonchev–Trinajstić information content (AvgIpc) is 2.23. The summed E-state index contributed by atoms with van der Waals surface area (Å²) in [7, 11) is 0. The molecule has 0 amide bonds. The highest BCUT2D eigenvalue weighted by atomic mass is 16.3. The van der Waals surface area contributed by atoms with Crippen LogP contribution >= 0.6 is 0 Å². The summed E-state index contributed by atoms with van der Waals surface area (Å²) in [5.41, 5.74) is 0. The predicted octanol–water partition coefficient (Wildman–Crippen LogP) is 1.84. The van der Waals surface area contributed by atoms with Crippen LogP contribution in [0.1, 0.15) is 57.8 Å². The molecule has 15 heavy (non-hydrogen) atoms. The summed E-state index contributed by atoms with van der Waals surface area (Å²) in [5.74, 6) is 0. The van der Waals surface area contributed by atoms with Gasteiger partial charge in [-0.3, -0.25) is 0 Å². The first-order valence-electron chi connectivity index (χ1n) is 6.21. The lowest BCUT2D eigenvalue weighted by Gasteiger charge is -2.09. The Morgan fingerprint density at radius 1 is 0.600 bits per heavy atom. The zero-order valence-electron chi connectivity index (χ0n) is 9.70. The number of aliphatic hydroxyl groups is 3. The Hall–Kier alpha value is -0.120. The highest BCUT2D eigenvalue weighted by molar-refractivity contribution is 4.56. The van der Waals surface area contributed by atoms with Crippen LogP contribution in [0.3, 0.4) is 0 Å². The fourth-order valence-electron chi connectivity index (χ4n) is 1.66. The molecule has 0 aliphatic carbocycles. The molecule has 3 heteroatoms. The maximum atomic E-state index is 9.56. The largest absolute Gasteiger partial charge is 0.396 e. The molecular weight excluding hydrogens is 192 g/mol. The van der Waals surface area contributed by atoms with Crippen molar-refractivity contribution in [3.05, 3.63) is 0 Å². The van der Waals surface area contributed by atoms with E-state index in [2.05, 4.69) is 0 Å². The van der Waals surface area contributed by atoms with Gasteiger partial charge in [0.1, 0.15) is 0 Å². The Morgan fingerprint density at radius 3 is 1.60 bits per heavy atom. The zero-order chi connectivity index (χ0) is 11.4. The Labute approximate surface area is 93.1 Å². The van der Waals surface area contributed by atoms with Crippen LogP contribution in [-0.4, -0.2) is 34.6 Å². The Balaban J connectivity index is 3.06. The molecule has 0 aromatic carbocycles. The van der Waals surface area contributed by atoms with Crippen LogP contribution in [0.25, 0.3) is 0 Å². The van der Waals surface area contributed by atoms with Gasteiger partial charge in [-0.25, -0.2) is 0 Å². The summed E-state index contributed by atoms with van der Waals surface area (Å²) in [6, 6.07) is 0. The first-order chi connectivity index (χ1) is 7.31. The van der Waals surface area contributed by atoms with Gasteiger partial charge in [-0.1, -0.05) is 25.7 Å². The van der Waals surface area contributed by atoms with E-state index in [0.29, 0.717) is 6.61 Å². The van der Waals surface area contributed by atoms with E-state index in [-0.39, 0.29) is 12.7 Å². The highest BCUT2D eigenvalue weighted by Gasteiger charge is 2.02. The van der Waals surface area contributed by atoms with Gasteiger partial charge in [-0.05, 0) is 32.1 Å². The lowest BCUT2D eigenvalue weighted by atomic mass is 10.0. The number of hydrogen-bond donors (Lipinski definition) is 3. The van der Waals surface area contributed by atoms with Gasteiger partial charge < -0.3 is 15.3 Å². The van der Waals surface area contributed by atoms with Crippen molar-refractivity contribution in [2.24, 2.45) is 0 Å². The van der Waals surface area contributed by atoms with Gasteiger partial charge in [0, 0.05) is 13.2 Å². The van der Waals surface area contributed by atoms with E-state index in [1.165, 1.54) is 0 Å². The van der Waals surface area contributed by atoms with Crippen molar-refractivity contribution in [1.82, 2.24) is 0 Å². The van der Waals surface area contributed by atoms with Gasteiger partial charge in [0.25, 0.3) is 0 Å². The molecule has 0 aromatic heterocycles. The smallest absolute Gasteiger partial charge is 0.0540 e. The lowest BCUT2D eigenvalue weighted by Crippen LogP contribution is -2.06. The molecule has 0 fully saturated rings. The third-order valence-corrected chi connectivity index (χ3v) is 2.64. The quantitative estimate of drug-likeness (QED) is 0.464. The monoisotopic (exact) mass is 218 g/mol. The summed E-state index contributed by atoms with van der Waals surface area (Å²) in [6.07, 6.45) is 8.61. The van der Waals surface area contributed by atoms with Crippen molar-refractivity contribution < 1.29 is 15.3 Å². The van der Waals surface area contributed by atoms with Crippen molar-refractivity contribution in [2.75, 3.05) is 13.2 Å². The molecule has 0 aliphatic rings. The van der Waals surface area contributed by atoms with Crippen molar-refractivity contribution in [3.8, 4) is 0 Å². The van der Waals surface area contributed by atoms with E-state index in [1.54, 1.807) is 0 Å². The maximum Gasteiger partial charge on any atom is 0.0540 e. The third kappa shape index (κ3) is 11.8. The highest BCUT2D eigenvalue weighted by Crippen LogP contribution is 2.11. The Bertz CT molecular complexity index is 117. The maximum absolute atomic E-state index is 9.56. The molecule has 3 nitrogen and oxygen atoms in total. The third-order valence-electron chi connectivity index (χ3n) is 2.64. The van der Waals surface area contributed by atoms with Crippen molar-refractivity contribution >= 4 is 0 Å². The summed E-state index contributed by atoms with van der Waals surface area (Å²) < 4.78 is 0. The molecule has 0 bridgehead atoms. The zero-order valence-corrected chi connectivity index (χ0v) is 9.70. The molecule has 92 valence electrons. The molecule has 0 spiro atoms. The second-order valence-electron chi connectivity index (χ2n) is 4.15. The summed E-state index contributed by atoms with van der Waals surface area (Å²) in [4.78, 5) is 0. The van der Waals surface area contributed by atoms with E-state index < -0.39 is 0 Å². The molecular formula is C12H26O3. The van der Waals surface area contributed by atoms with Crippen LogP contribution in [0, 0.1) is 0 Å². The summed E-state index contributed by atoms with van der Waals surface area (Å²) in [6.45, 7) is 0.525. The topological polar surface area (TPSA) is 60.7 Å². The van der Waals surface area contributed by atoms with E-state index in [0.717, 1.165) is 57.8 Å². The molecule has 0 radical (unpaired) electrons. The van der Waals surface area contributed by atoms with Crippen LogP contribution in [0.4, 0.5) is 0 Å². The number of hydrogen-bond acceptors (Lipinski definition) is 3. The van der Waals surface area contributed by atoms with Crippen LogP contribution in [-0.2, 0) is 0 Å². The molecule has 0 aromatic rings. The Morgan fingerprint density at radius 2 is 1.00 bits per heavy atom. The van der Waals surface area contributed by atoms with Gasteiger partial charge in [0.15, 0.2) is 0 Å². The Kier molecular flexibility index (Phi) is 11.9. The molecule has 3 N–H and O–H groups in total. The van der Waals surface area contributed by atoms with Gasteiger partial charge in [-0.2, -0.15) is 0 Å². The summed E-state index contributed by atoms with van der Waals surface area (Å²) >= 11 is 0. The molecule has 0 aliphatic heterocycles. The van der Waals surface area contributed by atoms with E-state index in [1.807, 2.05) is 0 Å². The van der Waals surface area contributed by atoms with Gasteiger partial charge >= 0.3 is 0 Å². The first kappa shape index (κ1) is 14.9. The number of unbranched alkanes of at least 4 members (excludes halogenated alkanes) is 5. The molecule has 0 saturated heterocycles. The fraction of sp³-hybridized carbons (Fsp3) is 1.00. The van der Waals surface area contributed by atoms with Crippen molar-refractivity contribution in [3.63, 3.8) is 0 Å². The minimum Gasteiger partial charge on any atom is -0.396 e. The van der Waals surface area contributed by atoms with Gasteiger partial charge in [0.05, 0.1) is 6.10 Å². The summed E-state index contributed by atoms with van der Waals surface area (Å²) in [5, 5.41) is 26.7. The first-order valence-corrected chi connectivity index (χ1v) is 6.21. The molecule has 1 atom stereocenters. The minimum absolute atomic E-state index is 0.186. The lowest BCUT2D eigenvalue weighted by molar-refractivity contribution is 0.144.